The molecule has 0 saturated carbocycles. The molecule has 1 aliphatic rings. The minimum atomic E-state index is -0.786. The third-order valence-electron chi connectivity index (χ3n) is 4.19. The summed E-state index contributed by atoms with van der Waals surface area (Å²) in [4.78, 5) is 26.7. The van der Waals surface area contributed by atoms with E-state index in [4.69, 9.17) is 5.11 Å². The normalized spacial score (nSPS) is 20.2. The van der Waals surface area contributed by atoms with Crippen molar-refractivity contribution < 1.29 is 14.7 Å². The zero-order valence-corrected chi connectivity index (χ0v) is 13.5. The number of carbonyl (C=O) groups is 2. The second-order valence-corrected chi connectivity index (χ2v) is 6.03. The number of aliphatic carboxylic acids is 1. The van der Waals surface area contributed by atoms with Crippen molar-refractivity contribution in [3.05, 3.63) is 0 Å². The molecule has 2 atom stereocenters. The lowest BCUT2D eigenvalue weighted by Gasteiger charge is -2.28. The molecule has 122 valence electrons. The Balaban J connectivity index is 2.26. The van der Waals surface area contributed by atoms with Crippen LogP contribution in [-0.2, 0) is 4.79 Å². The number of likely N-dealkylation sites (N-methyl/N-ethyl adjacent to an activating group) is 2. The van der Waals surface area contributed by atoms with E-state index in [0.29, 0.717) is 19.0 Å². The predicted octanol–water partition coefficient (Wildman–Crippen LogP) is 1.61. The van der Waals surface area contributed by atoms with Crippen LogP contribution in [0.5, 0.6) is 0 Å². The van der Waals surface area contributed by atoms with Crippen molar-refractivity contribution in [1.82, 2.24) is 15.1 Å². The number of amides is 2. The number of rotatable bonds is 8. The molecule has 1 rings (SSSR count). The maximum absolute atomic E-state index is 12.0. The molecule has 0 aromatic heterocycles. The van der Waals surface area contributed by atoms with Crippen molar-refractivity contribution >= 4 is 12.0 Å². The number of hydrogen-bond donors (Lipinski definition) is 2. The molecule has 2 amide bonds. The molecular weight excluding hydrogens is 270 g/mol. The average molecular weight is 299 g/mol. The first kappa shape index (κ1) is 17.8. The van der Waals surface area contributed by atoms with Crippen LogP contribution in [-0.4, -0.2) is 66.2 Å². The highest BCUT2D eigenvalue weighted by molar-refractivity contribution is 5.73. The molecule has 2 unspecified atom stereocenters. The van der Waals surface area contributed by atoms with Gasteiger partial charge < -0.3 is 15.3 Å². The summed E-state index contributed by atoms with van der Waals surface area (Å²) in [5, 5.41) is 11.5. The highest BCUT2D eigenvalue weighted by Gasteiger charge is 2.25. The smallest absolute Gasteiger partial charge is 0.317 e. The topological polar surface area (TPSA) is 72.9 Å². The first-order valence-corrected chi connectivity index (χ1v) is 7.88. The molecule has 0 radical (unpaired) electrons. The van der Waals surface area contributed by atoms with Crippen molar-refractivity contribution in [2.75, 3.05) is 33.2 Å². The lowest BCUT2D eigenvalue weighted by Crippen LogP contribution is -2.45. The Bertz CT molecular complexity index is 349. The Morgan fingerprint density at radius 1 is 1.48 bits per heavy atom. The third kappa shape index (κ3) is 6.33. The molecule has 1 fully saturated rings. The number of urea groups is 1. The number of likely N-dealkylation sites (tertiary alicyclic amines) is 1. The molecule has 1 saturated heterocycles. The molecule has 1 aliphatic heterocycles. The summed E-state index contributed by atoms with van der Waals surface area (Å²) >= 11 is 0. The summed E-state index contributed by atoms with van der Waals surface area (Å²) in [6.45, 7) is 7.55. The van der Waals surface area contributed by atoms with Gasteiger partial charge in [-0.3, -0.25) is 9.69 Å². The van der Waals surface area contributed by atoms with Gasteiger partial charge in [-0.05, 0) is 38.3 Å². The van der Waals surface area contributed by atoms with Crippen LogP contribution in [0.3, 0.4) is 0 Å². The van der Waals surface area contributed by atoms with Crippen molar-refractivity contribution in [2.24, 2.45) is 5.92 Å². The second-order valence-electron chi connectivity index (χ2n) is 6.03. The van der Waals surface area contributed by atoms with E-state index in [2.05, 4.69) is 17.1 Å². The largest absolute Gasteiger partial charge is 0.481 e. The van der Waals surface area contributed by atoms with Crippen LogP contribution in [0.1, 0.15) is 39.5 Å². The van der Waals surface area contributed by atoms with E-state index >= 15 is 0 Å². The van der Waals surface area contributed by atoms with Crippen LogP contribution in [0, 0.1) is 5.92 Å². The Kier molecular flexibility index (Phi) is 7.50. The van der Waals surface area contributed by atoms with Gasteiger partial charge >= 0.3 is 12.0 Å². The highest BCUT2D eigenvalue weighted by Crippen LogP contribution is 2.17. The zero-order valence-electron chi connectivity index (χ0n) is 13.5. The van der Waals surface area contributed by atoms with E-state index in [1.807, 2.05) is 14.0 Å². The fourth-order valence-corrected chi connectivity index (χ4v) is 2.79. The van der Waals surface area contributed by atoms with Crippen molar-refractivity contribution in [3.8, 4) is 0 Å². The summed E-state index contributed by atoms with van der Waals surface area (Å²) in [5.41, 5.74) is 0. The number of carboxylic acids is 1. The van der Waals surface area contributed by atoms with Gasteiger partial charge in [0.2, 0.25) is 0 Å². The van der Waals surface area contributed by atoms with Crippen molar-refractivity contribution in [3.63, 3.8) is 0 Å². The van der Waals surface area contributed by atoms with E-state index in [0.717, 1.165) is 26.1 Å². The van der Waals surface area contributed by atoms with Gasteiger partial charge in [-0.15, -0.1) is 0 Å². The predicted molar refractivity (Wildman–Crippen MR) is 82.3 cm³/mol. The number of hydrogen-bond acceptors (Lipinski definition) is 3. The lowest BCUT2D eigenvalue weighted by atomic mass is 10.1. The first-order valence-electron chi connectivity index (χ1n) is 7.88. The summed E-state index contributed by atoms with van der Waals surface area (Å²) in [5.74, 6) is -0.608. The van der Waals surface area contributed by atoms with Crippen LogP contribution < -0.4 is 5.32 Å². The average Bonchev–Trinajstić information content (AvgIpc) is 2.89. The molecule has 0 bridgehead atoms. The monoisotopic (exact) mass is 299 g/mol. The summed E-state index contributed by atoms with van der Waals surface area (Å²) in [6, 6.07) is 0.398. The molecule has 0 aliphatic carbocycles. The highest BCUT2D eigenvalue weighted by atomic mass is 16.4. The minimum absolute atomic E-state index is 0.0693. The van der Waals surface area contributed by atoms with E-state index in [1.165, 1.54) is 6.42 Å². The standard InChI is InChI=1S/C15H29N3O3/c1-4-18-9-5-6-13(18)11-17(3)15(21)16-10-12(2)7-8-14(19)20/h12-13H,4-11H2,1-3H3,(H,16,21)(H,19,20). The van der Waals surface area contributed by atoms with Gasteiger partial charge in [-0.1, -0.05) is 13.8 Å². The van der Waals surface area contributed by atoms with E-state index in [1.54, 1.807) is 4.90 Å². The number of nitrogens with one attached hydrogen (secondary N) is 1. The second kappa shape index (κ2) is 8.87. The van der Waals surface area contributed by atoms with Crippen LogP contribution in [0.15, 0.2) is 0 Å². The molecular formula is C15H29N3O3. The fraction of sp³-hybridized carbons (Fsp3) is 0.867. The van der Waals surface area contributed by atoms with Crippen LogP contribution in [0.25, 0.3) is 0 Å². The SMILES string of the molecule is CCN1CCCC1CN(C)C(=O)NCC(C)CCC(=O)O. The molecule has 0 spiro atoms. The fourth-order valence-electron chi connectivity index (χ4n) is 2.79. The van der Waals surface area contributed by atoms with Crippen LogP contribution in [0.2, 0.25) is 0 Å². The Morgan fingerprint density at radius 2 is 2.19 bits per heavy atom. The van der Waals surface area contributed by atoms with Crippen LogP contribution >= 0.6 is 0 Å². The number of carboxylic acid groups (broad SMARTS) is 1. The number of nitrogens with zero attached hydrogens (tertiary/aromatic N) is 2. The quantitative estimate of drug-likeness (QED) is 0.714. The molecule has 0 aromatic carbocycles. The maximum atomic E-state index is 12.0. The summed E-state index contributed by atoms with van der Waals surface area (Å²) < 4.78 is 0. The Labute approximate surface area is 127 Å². The first-order chi connectivity index (χ1) is 9.93. The van der Waals surface area contributed by atoms with Gasteiger partial charge in [0.05, 0.1) is 0 Å². The van der Waals surface area contributed by atoms with Gasteiger partial charge in [0, 0.05) is 32.6 Å². The van der Waals surface area contributed by atoms with Crippen LogP contribution in [0.4, 0.5) is 4.79 Å². The minimum Gasteiger partial charge on any atom is -0.481 e. The molecule has 1 heterocycles. The van der Waals surface area contributed by atoms with Gasteiger partial charge in [-0.2, -0.15) is 0 Å². The van der Waals surface area contributed by atoms with Gasteiger partial charge in [-0.25, -0.2) is 4.79 Å². The molecule has 6 nitrogen and oxygen atoms in total. The summed E-state index contributed by atoms with van der Waals surface area (Å²) in [7, 11) is 1.82. The lowest BCUT2D eigenvalue weighted by molar-refractivity contribution is -0.137. The van der Waals surface area contributed by atoms with E-state index in [9.17, 15) is 9.59 Å². The van der Waals surface area contributed by atoms with Crippen molar-refractivity contribution in [2.45, 2.75) is 45.6 Å². The van der Waals surface area contributed by atoms with E-state index < -0.39 is 5.97 Å². The molecule has 6 heteroatoms. The third-order valence-corrected chi connectivity index (χ3v) is 4.19. The Morgan fingerprint density at radius 3 is 2.81 bits per heavy atom. The van der Waals surface area contributed by atoms with Crippen molar-refractivity contribution in [1.29, 1.82) is 0 Å². The molecule has 2 N–H and O–H groups in total. The number of carbonyl (C=O) groups excluding carboxylic acids is 1. The summed E-state index contributed by atoms with van der Waals surface area (Å²) in [6.07, 6.45) is 3.10. The zero-order chi connectivity index (χ0) is 15.8. The van der Waals surface area contributed by atoms with Gasteiger partial charge in [0.1, 0.15) is 0 Å². The van der Waals surface area contributed by atoms with Gasteiger partial charge in [0.25, 0.3) is 0 Å². The van der Waals surface area contributed by atoms with Gasteiger partial charge in [0.15, 0.2) is 0 Å². The van der Waals surface area contributed by atoms with E-state index in [-0.39, 0.29) is 18.4 Å². The molecule has 21 heavy (non-hydrogen) atoms. The molecule has 0 aromatic rings. The Hall–Kier alpha value is -1.30. The maximum Gasteiger partial charge on any atom is 0.317 e.